The smallest absolute Gasteiger partial charge is 0.291 e. The van der Waals surface area contributed by atoms with Gasteiger partial charge in [0, 0.05) is 0 Å². The second-order valence-electron chi connectivity index (χ2n) is 1.77. The van der Waals surface area contributed by atoms with E-state index in [0.717, 1.165) is 0 Å². The highest BCUT2D eigenvalue weighted by Crippen LogP contribution is 1.92. The first-order valence-electron chi connectivity index (χ1n) is 3.08. The molecule has 0 amide bonds. The number of nitrogen functional groups attached to an aromatic ring is 2. The van der Waals surface area contributed by atoms with E-state index in [0.29, 0.717) is 5.88 Å². The highest BCUT2D eigenvalue weighted by atomic mass is 16.4. The van der Waals surface area contributed by atoms with Gasteiger partial charge in [-0.25, -0.2) is 9.97 Å². The fourth-order valence-corrected chi connectivity index (χ4v) is 0.460. The first-order valence-corrected chi connectivity index (χ1v) is 3.08. The lowest BCUT2D eigenvalue weighted by molar-refractivity contribution is 0.577. The van der Waals surface area contributed by atoms with Crippen molar-refractivity contribution in [2.24, 2.45) is 0 Å². The second-order valence-corrected chi connectivity index (χ2v) is 1.77. The summed E-state index contributed by atoms with van der Waals surface area (Å²) in [4.78, 5) is 7.06. The van der Waals surface area contributed by atoms with Crippen molar-refractivity contribution in [1.82, 2.24) is 9.97 Å². The maximum absolute atomic E-state index is 5.05. The van der Waals surface area contributed by atoms with E-state index in [1.54, 1.807) is 0 Å². The number of hydrogen-bond acceptors (Lipinski definition) is 6. The largest absolute Gasteiger partial charge is 0.432 e. The van der Waals surface area contributed by atoms with E-state index < -0.39 is 0 Å². The summed E-state index contributed by atoms with van der Waals surface area (Å²) >= 11 is 0. The molecule has 0 saturated heterocycles. The monoisotopic (exact) mass is 168 g/mol. The van der Waals surface area contributed by atoms with Gasteiger partial charge in [0.25, 0.3) is 6.01 Å². The van der Waals surface area contributed by atoms with Crippen molar-refractivity contribution in [3.05, 3.63) is 25.1 Å². The Hall–Kier alpha value is -1.98. The average Bonchev–Trinajstić information content (AvgIpc) is 2.63. The molecule has 0 radical (unpaired) electrons. The number of aromatic nitrogens is 2. The Morgan fingerprint density at radius 3 is 2.25 bits per heavy atom. The van der Waals surface area contributed by atoms with Gasteiger partial charge >= 0.3 is 0 Å². The highest BCUT2D eigenvalue weighted by Gasteiger charge is 1.78. The molecule has 0 spiro atoms. The lowest BCUT2D eigenvalue weighted by Crippen LogP contribution is -1.79. The van der Waals surface area contributed by atoms with Crippen molar-refractivity contribution in [2.75, 3.05) is 11.5 Å². The van der Waals surface area contributed by atoms with Gasteiger partial charge in [0.15, 0.2) is 6.39 Å². The summed E-state index contributed by atoms with van der Waals surface area (Å²) in [7, 11) is 0. The predicted octanol–water partition coefficient (Wildman–Crippen LogP) is 0.514. The van der Waals surface area contributed by atoms with Gasteiger partial charge in [0.05, 0.1) is 12.4 Å². The molecule has 2 aromatic heterocycles. The van der Waals surface area contributed by atoms with Crippen molar-refractivity contribution in [2.45, 2.75) is 0 Å². The maximum atomic E-state index is 5.05. The topological polar surface area (TPSA) is 104 Å². The third kappa shape index (κ3) is 2.74. The van der Waals surface area contributed by atoms with Crippen molar-refractivity contribution in [3.63, 3.8) is 0 Å². The van der Waals surface area contributed by atoms with Gasteiger partial charge in [-0.2, -0.15) is 0 Å². The second kappa shape index (κ2) is 4.02. The molecule has 4 N–H and O–H groups in total. The predicted molar refractivity (Wildman–Crippen MR) is 41.8 cm³/mol. The first-order chi connectivity index (χ1) is 5.79. The van der Waals surface area contributed by atoms with E-state index >= 15 is 0 Å². The quantitative estimate of drug-likeness (QED) is 0.594. The molecule has 0 saturated carbocycles. The number of nitrogens with zero attached hydrogens (tertiary/aromatic N) is 2. The molecule has 2 rings (SSSR count). The van der Waals surface area contributed by atoms with Crippen LogP contribution in [0.2, 0.25) is 0 Å². The van der Waals surface area contributed by atoms with Crippen molar-refractivity contribution >= 4 is 11.9 Å². The van der Waals surface area contributed by atoms with Gasteiger partial charge in [-0.1, -0.05) is 0 Å². The van der Waals surface area contributed by atoms with Crippen molar-refractivity contribution in [1.29, 1.82) is 0 Å². The molecule has 2 aromatic rings. The maximum Gasteiger partial charge on any atom is 0.291 e. The molecular formula is C6H8N4O2. The Balaban J connectivity index is 0.000000120. The van der Waals surface area contributed by atoms with Gasteiger partial charge in [-0.05, 0) is 0 Å². The number of hydrogen-bond donors (Lipinski definition) is 2. The minimum absolute atomic E-state index is 0.218. The summed E-state index contributed by atoms with van der Waals surface area (Å²) in [6, 6.07) is 0.218. The Morgan fingerprint density at radius 2 is 2.08 bits per heavy atom. The third-order valence-corrected chi connectivity index (χ3v) is 0.903. The molecule has 0 aromatic carbocycles. The fourth-order valence-electron chi connectivity index (χ4n) is 0.460. The molecule has 0 aliphatic carbocycles. The van der Waals surface area contributed by atoms with Gasteiger partial charge in [-0.15, -0.1) is 0 Å². The molecular weight excluding hydrogens is 160 g/mol. The number of nitrogens with two attached hydrogens (primary N) is 2. The van der Waals surface area contributed by atoms with Crippen LogP contribution in [0.1, 0.15) is 0 Å². The van der Waals surface area contributed by atoms with Crippen LogP contribution >= 0.6 is 0 Å². The fraction of sp³-hybridized carbons (Fsp3) is 0. The van der Waals surface area contributed by atoms with Crippen LogP contribution in [0.3, 0.4) is 0 Å². The number of rotatable bonds is 0. The first kappa shape index (κ1) is 8.12. The minimum atomic E-state index is 0.218. The van der Waals surface area contributed by atoms with Crippen LogP contribution in [0.5, 0.6) is 0 Å². The molecule has 6 heteroatoms. The van der Waals surface area contributed by atoms with Crippen LogP contribution < -0.4 is 11.5 Å². The Labute approximate surface area is 68.2 Å². The lowest BCUT2D eigenvalue weighted by Gasteiger charge is -1.68. The van der Waals surface area contributed by atoms with E-state index in [-0.39, 0.29) is 6.01 Å². The lowest BCUT2D eigenvalue weighted by atomic mass is 10.9. The van der Waals surface area contributed by atoms with Gasteiger partial charge in [-0.3, -0.25) is 0 Å². The summed E-state index contributed by atoms with van der Waals surface area (Å²) in [6.07, 6.45) is 5.65. The van der Waals surface area contributed by atoms with Crippen LogP contribution in [0.4, 0.5) is 11.9 Å². The molecule has 12 heavy (non-hydrogen) atoms. The zero-order valence-corrected chi connectivity index (χ0v) is 6.18. The van der Waals surface area contributed by atoms with E-state index in [1.165, 1.54) is 25.1 Å². The summed E-state index contributed by atoms with van der Waals surface area (Å²) < 4.78 is 9.00. The zero-order valence-electron chi connectivity index (χ0n) is 6.18. The van der Waals surface area contributed by atoms with Crippen LogP contribution in [0.25, 0.3) is 0 Å². The van der Waals surface area contributed by atoms with E-state index in [9.17, 15) is 0 Å². The summed E-state index contributed by atoms with van der Waals surface area (Å²) in [5.74, 6) is 0.356. The van der Waals surface area contributed by atoms with Crippen LogP contribution in [-0.2, 0) is 0 Å². The van der Waals surface area contributed by atoms with Crippen molar-refractivity contribution in [3.8, 4) is 0 Å². The molecule has 0 bridgehead atoms. The zero-order chi connectivity index (χ0) is 8.81. The van der Waals surface area contributed by atoms with E-state index in [4.69, 9.17) is 11.5 Å². The molecule has 64 valence electrons. The summed E-state index contributed by atoms with van der Waals surface area (Å²) in [5, 5.41) is 0. The molecule has 0 atom stereocenters. The molecule has 0 fully saturated rings. The standard InChI is InChI=1S/2C3H4N2O/c4-3-1-5-2-6-3;4-3-5-1-2-6-3/h1-2H,4H2;1-2H,(H2,4,5). The summed E-state index contributed by atoms with van der Waals surface area (Å²) in [6.45, 7) is 0. The molecule has 0 unspecified atom stereocenters. The SMILES string of the molecule is Nc1cnco1.Nc1ncco1. The van der Waals surface area contributed by atoms with Crippen LogP contribution in [-0.4, -0.2) is 9.97 Å². The number of oxazole rings is 2. The molecule has 2 heterocycles. The van der Waals surface area contributed by atoms with Crippen LogP contribution in [0.15, 0.2) is 33.9 Å². The number of anilines is 2. The Morgan fingerprint density at radius 1 is 1.25 bits per heavy atom. The minimum Gasteiger partial charge on any atom is -0.432 e. The Bertz CT molecular complexity index is 257. The van der Waals surface area contributed by atoms with Gasteiger partial charge < -0.3 is 20.3 Å². The van der Waals surface area contributed by atoms with Gasteiger partial charge in [0.2, 0.25) is 5.88 Å². The average molecular weight is 168 g/mol. The Kier molecular flexibility index (Phi) is 2.72. The molecule has 6 nitrogen and oxygen atoms in total. The highest BCUT2D eigenvalue weighted by molar-refractivity contribution is 5.15. The summed E-state index contributed by atoms with van der Waals surface area (Å²) in [5.41, 5.74) is 10.0. The third-order valence-electron chi connectivity index (χ3n) is 0.903. The normalized spacial score (nSPS) is 8.67. The van der Waals surface area contributed by atoms with E-state index in [2.05, 4.69) is 18.8 Å². The molecule has 0 aliphatic heterocycles. The molecule has 0 aliphatic rings. The van der Waals surface area contributed by atoms with E-state index in [1.807, 2.05) is 0 Å². The van der Waals surface area contributed by atoms with Crippen molar-refractivity contribution < 1.29 is 8.83 Å². The van der Waals surface area contributed by atoms with Gasteiger partial charge in [0.1, 0.15) is 6.26 Å². The van der Waals surface area contributed by atoms with Crippen LogP contribution in [0, 0.1) is 0 Å².